The number of likely N-dealkylation sites (N-methyl/N-ethyl adjacent to an activating group) is 1. The third kappa shape index (κ3) is 38.2. The Morgan fingerprint density at radius 3 is 1.63 bits per heavy atom. The number of carbonyl (C=O) groups excluding carboxylic acids is 1. The van der Waals surface area contributed by atoms with Gasteiger partial charge in [-0.05, 0) is 57.8 Å². The molecule has 54 heavy (non-hydrogen) atoms. The first-order valence-corrected chi connectivity index (χ1v) is 22.8. The van der Waals surface area contributed by atoms with Gasteiger partial charge in [0.1, 0.15) is 13.2 Å². The number of nitrogens with one attached hydrogen (secondary N) is 1. The lowest BCUT2D eigenvalue weighted by atomic mass is 10.0. The fourth-order valence-electron chi connectivity index (χ4n) is 5.54. The highest BCUT2D eigenvalue weighted by Gasteiger charge is 2.23. The molecule has 0 rings (SSSR count). The molecular weight excluding hydrogens is 695 g/mol. The maximum atomic E-state index is 12.8. The van der Waals surface area contributed by atoms with Crippen LogP contribution in [0.1, 0.15) is 155 Å². The van der Waals surface area contributed by atoms with E-state index in [1.54, 1.807) is 6.08 Å². The number of quaternary nitrogens is 1. The highest BCUT2D eigenvalue weighted by molar-refractivity contribution is 7.45. The topological polar surface area (TPSA) is 108 Å². The second-order valence-corrected chi connectivity index (χ2v) is 16.7. The van der Waals surface area contributed by atoms with Gasteiger partial charge >= 0.3 is 0 Å². The van der Waals surface area contributed by atoms with Gasteiger partial charge in [-0.3, -0.25) is 9.36 Å². The number of aliphatic hydroxyl groups is 1. The number of hydrogen-bond donors (Lipinski definition) is 2. The van der Waals surface area contributed by atoms with Crippen LogP contribution in [0.2, 0.25) is 0 Å². The summed E-state index contributed by atoms with van der Waals surface area (Å²) in [4.78, 5) is 25.2. The number of nitrogens with zero attached hydrogens (tertiary/aromatic N) is 1. The molecule has 0 aliphatic carbocycles. The minimum atomic E-state index is -4.60. The molecule has 1 amide bonds. The van der Waals surface area contributed by atoms with E-state index in [-0.39, 0.29) is 18.9 Å². The van der Waals surface area contributed by atoms with Crippen LogP contribution in [0.4, 0.5) is 0 Å². The second-order valence-electron chi connectivity index (χ2n) is 15.3. The van der Waals surface area contributed by atoms with E-state index in [1.165, 1.54) is 70.6 Å². The van der Waals surface area contributed by atoms with Crippen LogP contribution >= 0.6 is 7.82 Å². The number of carbonyl (C=O) groups is 1. The molecule has 0 aliphatic heterocycles. The molecule has 0 aromatic rings. The van der Waals surface area contributed by atoms with E-state index < -0.39 is 26.6 Å². The largest absolute Gasteiger partial charge is 0.756 e. The number of aliphatic hydroxyl groups excluding tert-OH is 1. The van der Waals surface area contributed by atoms with Gasteiger partial charge in [0, 0.05) is 6.42 Å². The number of allylic oxidation sites excluding steroid dienone is 11. The minimum absolute atomic E-state index is 0.0152. The van der Waals surface area contributed by atoms with Gasteiger partial charge in [0.15, 0.2) is 0 Å². The maximum Gasteiger partial charge on any atom is 0.268 e. The summed E-state index contributed by atoms with van der Waals surface area (Å²) in [5.41, 5.74) is 0. The van der Waals surface area contributed by atoms with Gasteiger partial charge in [-0.15, -0.1) is 0 Å². The summed E-state index contributed by atoms with van der Waals surface area (Å²) in [6.45, 7) is 4.46. The van der Waals surface area contributed by atoms with Crippen molar-refractivity contribution in [2.24, 2.45) is 0 Å². The van der Waals surface area contributed by atoms with Crippen LogP contribution in [0.5, 0.6) is 0 Å². The van der Waals surface area contributed by atoms with Crippen molar-refractivity contribution in [3.8, 4) is 0 Å². The third-order valence-electron chi connectivity index (χ3n) is 8.92. The van der Waals surface area contributed by atoms with E-state index in [0.717, 1.165) is 57.8 Å². The van der Waals surface area contributed by atoms with Crippen molar-refractivity contribution in [2.75, 3.05) is 40.9 Å². The Hall–Kier alpha value is -2.06. The quantitative estimate of drug-likeness (QED) is 0.0281. The molecule has 8 nitrogen and oxygen atoms in total. The summed E-state index contributed by atoms with van der Waals surface area (Å²) in [5, 5.41) is 13.7. The van der Waals surface area contributed by atoms with Crippen LogP contribution in [0, 0.1) is 0 Å². The van der Waals surface area contributed by atoms with Crippen LogP contribution in [-0.4, -0.2) is 68.5 Å². The predicted molar refractivity (Wildman–Crippen MR) is 228 cm³/mol. The van der Waals surface area contributed by atoms with E-state index in [0.29, 0.717) is 17.4 Å². The number of rotatable bonds is 37. The maximum absolute atomic E-state index is 12.8. The van der Waals surface area contributed by atoms with E-state index in [9.17, 15) is 19.4 Å². The van der Waals surface area contributed by atoms with Crippen molar-refractivity contribution in [3.05, 3.63) is 72.9 Å². The Morgan fingerprint density at radius 2 is 1.13 bits per heavy atom. The summed E-state index contributed by atoms with van der Waals surface area (Å²) >= 11 is 0. The summed E-state index contributed by atoms with van der Waals surface area (Å²) in [6, 6.07) is -0.918. The molecule has 3 unspecified atom stereocenters. The van der Waals surface area contributed by atoms with Crippen molar-refractivity contribution in [3.63, 3.8) is 0 Å². The molecule has 0 aromatic carbocycles. The zero-order chi connectivity index (χ0) is 40.0. The smallest absolute Gasteiger partial charge is 0.268 e. The molecule has 0 aliphatic rings. The van der Waals surface area contributed by atoms with Crippen LogP contribution in [0.15, 0.2) is 72.9 Å². The predicted octanol–water partition coefficient (Wildman–Crippen LogP) is 11.0. The molecule has 0 bridgehead atoms. The summed E-state index contributed by atoms with van der Waals surface area (Å²) in [5.74, 6) is -0.258. The lowest BCUT2D eigenvalue weighted by Gasteiger charge is -2.29. The molecule has 3 atom stereocenters. The van der Waals surface area contributed by atoms with E-state index in [2.05, 4.69) is 79.9 Å². The highest BCUT2D eigenvalue weighted by atomic mass is 31.2. The Balaban J connectivity index is 4.59. The Bertz CT molecular complexity index is 1110. The molecule has 0 heterocycles. The molecule has 0 spiro atoms. The van der Waals surface area contributed by atoms with Gasteiger partial charge < -0.3 is 28.8 Å². The molecule has 0 aromatic heterocycles. The van der Waals surface area contributed by atoms with Crippen LogP contribution in [-0.2, 0) is 18.4 Å². The molecule has 0 radical (unpaired) electrons. The standard InChI is InChI=1S/C45H81N2O6P/c1-6-8-10-12-14-16-18-20-22-23-25-27-29-31-33-35-37-39-45(49)46-43(42-53-54(50,51)52-41-40-47(3,4)5)44(48)38-36-34-32-30-28-26-24-21-19-17-15-13-11-9-7-2/h8,10,14,16,20,22,25,27,31,33,36,38,43-44,48H,6-7,9,11-13,15,17-19,21,23-24,26,28-30,32,34-35,37,39-42H2,1-5H3,(H-,46,49,50,51)/b10-8-,16-14-,22-20-,27-25-,33-31-,38-36+. The normalized spacial score (nSPS) is 15.2. The van der Waals surface area contributed by atoms with E-state index in [4.69, 9.17) is 9.05 Å². The average Bonchev–Trinajstić information content (AvgIpc) is 3.12. The minimum Gasteiger partial charge on any atom is -0.756 e. The average molecular weight is 777 g/mol. The van der Waals surface area contributed by atoms with Crippen LogP contribution in [0.25, 0.3) is 0 Å². The molecule has 9 heteroatoms. The van der Waals surface area contributed by atoms with Crippen LogP contribution in [0.3, 0.4) is 0 Å². The molecular formula is C45H81N2O6P. The van der Waals surface area contributed by atoms with Crippen molar-refractivity contribution in [1.82, 2.24) is 5.32 Å². The number of hydrogen-bond acceptors (Lipinski definition) is 6. The van der Waals surface area contributed by atoms with Crippen molar-refractivity contribution >= 4 is 13.7 Å². The Morgan fingerprint density at radius 1 is 0.667 bits per heavy atom. The summed E-state index contributed by atoms with van der Waals surface area (Å²) < 4.78 is 23.1. The van der Waals surface area contributed by atoms with E-state index >= 15 is 0 Å². The van der Waals surface area contributed by atoms with Gasteiger partial charge in [-0.25, -0.2) is 0 Å². The highest BCUT2D eigenvalue weighted by Crippen LogP contribution is 2.38. The Kier molecular flexibility index (Phi) is 35.2. The number of unbranched alkanes of at least 4 members (excludes halogenated alkanes) is 14. The number of phosphoric acid groups is 1. The van der Waals surface area contributed by atoms with Crippen LogP contribution < -0.4 is 10.2 Å². The van der Waals surface area contributed by atoms with Crippen molar-refractivity contribution in [2.45, 2.75) is 167 Å². The SMILES string of the molecule is CC/C=C\C/C=C\C/C=C\C/C=C\C/C=C\CCCC(=O)NC(COP(=O)([O-])OCC[N+](C)(C)C)C(O)/C=C/CCCCCCCCCCCCCCC. The fourth-order valence-corrected chi connectivity index (χ4v) is 6.26. The summed E-state index contributed by atoms with van der Waals surface area (Å²) in [7, 11) is 1.21. The van der Waals surface area contributed by atoms with Gasteiger partial charge in [0.25, 0.3) is 7.82 Å². The molecule has 0 saturated carbocycles. The van der Waals surface area contributed by atoms with Gasteiger partial charge in [0.05, 0.1) is 39.9 Å². The van der Waals surface area contributed by atoms with Gasteiger partial charge in [-0.2, -0.15) is 0 Å². The fraction of sp³-hybridized carbons (Fsp3) is 0.711. The first-order chi connectivity index (χ1) is 26.0. The first kappa shape index (κ1) is 51.9. The zero-order valence-corrected chi connectivity index (χ0v) is 36.0. The molecule has 2 N–H and O–H groups in total. The monoisotopic (exact) mass is 777 g/mol. The summed E-state index contributed by atoms with van der Waals surface area (Å²) in [6.07, 6.45) is 48.1. The molecule has 0 saturated heterocycles. The first-order valence-electron chi connectivity index (χ1n) is 21.3. The lowest BCUT2D eigenvalue weighted by Crippen LogP contribution is -2.45. The Labute approximate surface area is 332 Å². The van der Waals surface area contributed by atoms with Gasteiger partial charge in [0.2, 0.25) is 5.91 Å². The molecule has 312 valence electrons. The number of phosphoric ester groups is 1. The van der Waals surface area contributed by atoms with Crippen molar-refractivity contribution < 1.29 is 32.9 Å². The third-order valence-corrected chi connectivity index (χ3v) is 9.89. The number of amides is 1. The van der Waals surface area contributed by atoms with E-state index in [1.807, 2.05) is 27.2 Å². The van der Waals surface area contributed by atoms with Crippen molar-refractivity contribution in [1.29, 1.82) is 0 Å². The zero-order valence-electron chi connectivity index (χ0n) is 35.1. The molecule has 0 fully saturated rings. The second kappa shape index (κ2) is 36.6. The van der Waals surface area contributed by atoms with Gasteiger partial charge in [-0.1, -0.05) is 164 Å². The lowest BCUT2D eigenvalue weighted by molar-refractivity contribution is -0.870.